The number of nitrogens with one attached hydrogen (secondary N) is 1. The number of phenols is 1. The number of phenolic OH excluding ortho intramolecular Hbond substituents is 1. The molecule has 0 heterocycles. The number of benzene rings is 1. The van der Waals surface area contributed by atoms with Crippen molar-refractivity contribution in [2.24, 2.45) is 0 Å². The lowest BCUT2D eigenvalue weighted by molar-refractivity contribution is 0.398. The van der Waals surface area contributed by atoms with Crippen LogP contribution in [0, 0.1) is 0 Å². The molecule has 1 rings (SSSR count). The van der Waals surface area contributed by atoms with Gasteiger partial charge in [-0.2, -0.15) is 0 Å². The summed E-state index contributed by atoms with van der Waals surface area (Å²) in [5.74, 6) is 0.177. The Hall–Kier alpha value is -0.770. The van der Waals surface area contributed by atoms with Crippen LogP contribution >= 0.6 is 11.6 Å². The van der Waals surface area contributed by atoms with Crippen LogP contribution in [0.15, 0.2) is 18.2 Å². The van der Waals surface area contributed by atoms with Crippen molar-refractivity contribution in [1.82, 2.24) is 10.2 Å². The predicted octanol–water partition coefficient (Wildman–Crippen LogP) is 1.70. The second-order valence-corrected chi connectivity index (χ2v) is 4.13. The van der Waals surface area contributed by atoms with Gasteiger partial charge in [-0.15, -0.1) is 0 Å². The van der Waals surface area contributed by atoms with Gasteiger partial charge in [0.05, 0.1) is 5.02 Å². The largest absolute Gasteiger partial charge is 0.506 e. The van der Waals surface area contributed by atoms with E-state index in [1.54, 1.807) is 6.07 Å². The van der Waals surface area contributed by atoms with Gasteiger partial charge in [0.2, 0.25) is 0 Å². The molecule has 0 saturated heterocycles. The van der Waals surface area contributed by atoms with Gasteiger partial charge in [-0.25, -0.2) is 0 Å². The van der Waals surface area contributed by atoms with Crippen LogP contribution < -0.4 is 5.32 Å². The van der Waals surface area contributed by atoms with Gasteiger partial charge in [-0.1, -0.05) is 23.7 Å². The zero-order chi connectivity index (χ0) is 11.3. The van der Waals surface area contributed by atoms with E-state index < -0.39 is 0 Å². The highest BCUT2D eigenvalue weighted by molar-refractivity contribution is 6.32. The molecular formula is C11H17ClN2O. The quantitative estimate of drug-likeness (QED) is 0.753. The van der Waals surface area contributed by atoms with Gasteiger partial charge in [0, 0.05) is 25.2 Å². The minimum absolute atomic E-state index is 0.177. The minimum Gasteiger partial charge on any atom is -0.506 e. The first-order valence-corrected chi connectivity index (χ1v) is 5.31. The third-order valence-electron chi connectivity index (χ3n) is 2.12. The van der Waals surface area contributed by atoms with Crippen molar-refractivity contribution in [3.63, 3.8) is 0 Å². The van der Waals surface area contributed by atoms with Crippen LogP contribution in [0.5, 0.6) is 5.75 Å². The SMILES string of the molecule is CN(C)CCNCc1cccc(Cl)c1O. The number of hydrogen-bond acceptors (Lipinski definition) is 3. The summed E-state index contributed by atoms with van der Waals surface area (Å²) in [6.45, 7) is 2.50. The predicted molar refractivity (Wildman–Crippen MR) is 63.4 cm³/mol. The Morgan fingerprint density at radius 3 is 2.80 bits per heavy atom. The lowest BCUT2D eigenvalue weighted by Gasteiger charge is -2.11. The molecule has 0 unspecified atom stereocenters. The summed E-state index contributed by atoms with van der Waals surface area (Å²) in [5.41, 5.74) is 0.834. The zero-order valence-corrected chi connectivity index (χ0v) is 9.88. The first-order valence-electron chi connectivity index (χ1n) is 4.93. The van der Waals surface area contributed by atoms with Crippen LogP contribution in [0.2, 0.25) is 5.02 Å². The molecule has 2 N–H and O–H groups in total. The van der Waals surface area contributed by atoms with Gasteiger partial charge in [0.25, 0.3) is 0 Å². The van der Waals surface area contributed by atoms with Crippen LogP contribution in [0.1, 0.15) is 5.56 Å². The fourth-order valence-electron chi connectivity index (χ4n) is 1.23. The molecule has 0 amide bonds. The topological polar surface area (TPSA) is 35.5 Å². The number of halogens is 1. The maximum atomic E-state index is 9.62. The second kappa shape index (κ2) is 5.95. The van der Waals surface area contributed by atoms with E-state index in [0.29, 0.717) is 11.6 Å². The van der Waals surface area contributed by atoms with E-state index in [1.165, 1.54) is 0 Å². The monoisotopic (exact) mass is 228 g/mol. The summed E-state index contributed by atoms with van der Waals surface area (Å²) in [5, 5.41) is 13.3. The second-order valence-electron chi connectivity index (χ2n) is 3.73. The molecule has 0 spiro atoms. The van der Waals surface area contributed by atoms with Crippen LogP contribution in [0.25, 0.3) is 0 Å². The Balaban J connectivity index is 2.41. The number of para-hydroxylation sites is 1. The first-order chi connectivity index (χ1) is 7.11. The highest BCUT2D eigenvalue weighted by atomic mass is 35.5. The van der Waals surface area contributed by atoms with Gasteiger partial charge in [-0.3, -0.25) is 0 Å². The average Bonchev–Trinajstić information content (AvgIpc) is 2.18. The van der Waals surface area contributed by atoms with Gasteiger partial charge < -0.3 is 15.3 Å². The van der Waals surface area contributed by atoms with Crippen LogP contribution in [-0.4, -0.2) is 37.2 Å². The average molecular weight is 229 g/mol. The molecule has 15 heavy (non-hydrogen) atoms. The molecule has 4 heteroatoms. The molecule has 0 aliphatic carbocycles. The summed E-state index contributed by atoms with van der Waals surface area (Å²) in [4.78, 5) is 2.10. The molecule has 0 aromatic heterocycles. The maximum Gasteiger partial charge on any atom is 0.138 e. The van der Waals surface area contributed by atoms with E-state index in [4.69, 9.17) is 11.6 Å². The summed E-state index contributed by atoms with van der Waals surface area (Å²) >= 11 is 5.79. The Morgan fingerprint density at radius 1 is 1.40 bits per heavy atom. The fraction of sp³-hybridized carbons (Fsp3) is 0.455. The third-order valence-corrected chi connectivity index (χ3v) is 2.43. The molecule has 84 valence electrons. The van der Waals surface area contributed by atoms with Crippen molar-refractivity contribution < 1.29 is 5.11 Å². The smallest absolute Gasteiger partial charge is 0.138 e. The highest BCUT2D eigenvalue weighted by Crippen LogP contribution is 2.26. The maximum absolute atomic E-state index is 9.62. The first kappa shape index (κ1) is 12.3. The van der Waals surface area contributed by atoms with E-state index in [-0.39, 0.29) is 5.75 Å². The van der Waals surface area contributed by atoms with Gasteiger partial charge in [-0.05, 0) is 20.2 Å². The number of rotatable bonds is 5. The Kier molecular flexibility index (Phi) is 4.88. The van der Waals surface area contributed by atoms with Crippen molar-refractivity contribution in [3.05, 3.63) is 28.8 Å². The molecular weight excluding hydrogens is 212 g/mol. The van der Waals surface area contributed by atoms with Gasteiger partial charge >= 0.3 is 0 Å². The standard InChI is InChI=1S/C11H17ClN2O/c1-14(2)7-6-13-8-9-4-3-5-10(12)11(9)15/h3-5,13,15H,6-8H2,1-2H3. The highest BCUT2D eigenvalue weighted by Gasteiger charge is 2.03. The number of hydrogen-bond donors (Lipinski definition) is 2. The summed E-state index contributed by atoms with van der Waals surface area (Å²) in [6.07, 6.45) is 0. The summed E-state index contributed by atoms with van der Waals surface area (Å²) in [7, 11) is 4.05. The molecule has 0 radical (unpaired) electrons. The molecule has 0 bridgehead atoms. The fourth-order valence-corrected chi connectivity index (χ4v) is 1.42. The molecule has 0 aliphatic heterocycles. The van der Waals surface area contributed by atoms with Crippen molar-refractivity contribution in [2.75, 3.05) is 27.2 Å². The molecule has 3 nitrogen and oxygen atoms in total. The molecule has 1 aromatic carbocycles. The molecule has 0 aliphatic rings. The molecule has 0 atom stereocenters. The van der Waals surface area contributed by atoms with E-state index >= 15 is 0 Å². The molecule has 0 fully saturated rings. The van der Waals surface area contributed by atoms with Crippen LogP contribution in [0.4, 0.5) is 0 Å². The lowest BCUT2D eigenvalue weighted by Crippen LogP contribution is -2.26. The summed E-state index contributed by atoms with van der Waals surface area (Å²) < 4.78 is 0. The van der Waals surface area contributed by atoms with Crippen molar-refractivity contribution >= 4 is 11.6 Å². The van der Waals surface area contributed by atoms with E-state index in [2.05, 4.69) is 10.2 Å². The van der Waals surface area contributed by atoms with E-state index in [0.717, 1.165) is 18.7 Å². The number of likely N-dealkylation sites (N-methyl/N-ethyl adjacent to an activating group) is 1. The number of aromatic hydroxyl groups is 1. The van der Waals surface area contributed by atoms with E-state index in [1.807, 2.05) is 26.2 Å². The zero-order valence-electron chi connectivity index (χ0n) is 9.13. The lowest BCUT2D eigenvalue weighted by atomic mass is 10.2. The Morgan fingerprint density at radius 2 is 2.13 bits per heavy atom. The van der Waals surface area contributed by atoms with Gasteiger partial charge in [0.1, 0.15) is 5.75 Å². The van der Waals surface area contributed by atoms with Crippen molar-refractivity contribution in [1.29, 1.82) is 0 Å². The van der Waals surface area contributed by atoms with Crippen LogP contribution in [-0.2, 0) is 6.54 Å². The Bertz CT molecular complexity index is 315. The Labute approximate surface area is 95.7 Å². The normalized spacial score (nSPS) is 10.9. The number of nitrogens with zero attached hydrogens (tertiary/aromatic N) is 1. The third kappa shape index (κ3) is 4.08. The van der Waals surface area contributed by atoms with Crippen molar-refractivity contribution in [3.8, 4) is 5.75 Å². The van der Waals surface area contributed by atoms with Crippen molar-refractivity contribution in [2.45, 2.75) is 6.54 Å². The molecule has 0 saturated carbocycles. The van der Waals surface area contributed by atoms with E-state index in [9.17, 15) is 5.11 Å². The summed E-state index contributed by atoms with van der Waals surface area (Å²) in [6, 6.07) is 5.38. The minimum atomic E-state index is 0.177. The molecule has 1 aromatic rings. The van der Waals surface area contributed by atoms with Gasteiger partial charge in [0.15, 0.2) is 0 Å². The van der Waals surface area contributed by atoms with Crippen LogP contribution in [0.3, 0.4) is 0 Å².